The van der Waals surface area contributed by atoms with Crippen LogP contribution in [0.15, 0.2) is 0 Å². The summed E-state index contributed by atoms with van der Waals surface area (Å²) in [6.45, 7) is 4.36. The second kappa shape index (κ2) is 6.02. The lowest BCUT2D eigenvalue weighted by atomic mass is 9.88. The van der Waals surface area contributed by atoms with Crippen LogP contribution in [0.5, 0.6) is 0 Å². The van der Waals surface area contributed by atoms with E-state index in [4.69, 9.17) is 5.73 Å². The highest BCUT2D eigenvalue weighted by Gasteiger charge is 2.38. The Labute approximate surface area is 110 Å². The number of carbonyl (C=O) groups excluding carboxylic acids is 1. The normalized spacial score (nSPS) is 25.2. The van der Waals surface area contributed by atoms with Crippen molar-refractivity contribution in [3.8, 4) is 0 Å². The minimum absolute atomic E-state index is 0.0391. The minimum Gasteiger partial charge on any atom is -0.352 e. The van der Waals surface area contributed by atoms with E-state index in [0.717, 1.165) is 32.4 Å². The van der Waals surface area contributed by atoms with Gasteiger partial charge in [-0.25, -0.2) is 0 Å². The van der Waals surface area contributed by atoms with Crippen molar-refractivity contribution in [1.29, 1.82) is 0 Å². The zero-order valence-electron chi connectivity index (χ0n) is 11.6. The molecular weight excluding hydrogens is 226 g/mol. The molecule has 0 aromatic heterocycles. The van der Waals surface area contributed by atoms with Crippen LogP contribution in [0.4, 0.5) is 0 Å². The third-order valence-electron chi connectivity index (χ3n) is 4.37. The van der Waals surface area contributed by atoms with Crippen LogP contribution in [0.1, 0.15) is 51.9 Å². The first-order chi connectivity index (χ1) is 8.61. The van der Waals surface area contributed by atoms with Gasteiger partial charge in [0.1, 0.15) is 0 Å². The molecule has 1 heterocycles. The fourth-order valence-corrected chi connectivity index (χ4v) is 3.08. The molecule has 1 aliphatic carbocycles. The van der Waals surface area contributed by atoms with Gasteiger partial charge in [-0.3, -0.25) is 9.69 Å². The van der Waals surface area contributed by atoms with Gasteiger partial charge in [0, 0.05) is 24.7 Å². The molecule has 1 amide bonds. The van der Waals surface area contributed by atoms with Crippen LogP contribution >= 0.6 is 0 Å². The number of likely N-dealkylation sites (tertiary alicyclic amines) is 1. The average molecular weight is 253 g/mol. The first-order valence-electron chi connectivity index (χ1n) is 7.42. The van der Waals surface area contributed by atoms with Crippen molar-refractivity contribution in [1.82, 2.24) is 10.2 Å². The molecular formula is C14H27N3O. The van der Waals surface area contributed by atoms with Gasteiger partial charge >= 0.3 is 0 Å². The van der Waals surface area contributed by atoms with Gasteiger partial charge in [-0.15, -0.1) is 0 Å². The molecule has 0 bridgehead atoms. The van der Waals surface area contributed by atoms with Gasteiger partial charge in [-0.2, -0.15) is 0 Å². The number of nitrogens with one attached hydrogen (secondary N) is 1. The van der Waals surface area contributed by atoms with Crippen molar-refractivity contribution in [2.24, 2.45) is 5.73 Å². The molecule has 0 atom stereocenters. The molecule has 2 fully saturated rings. The summed E-state index contributed by atoms with van der Waals surface area (Å²) in [6, 6.07) is 0.412. The first-order valence-corrected chi connectivity index (χ1v) is 7.42. The van der Waals surface area contributed by atoms with E-state index in [1.165, 1.54) is 25.7 Å². The number of hydrogen-bond acceptors (Lipinski definition) is 3. The van der Waals surface area contributed by atoms with E-state index in [-0.39, 0.29) is 11.4 Å². The van der Waals surface area contributed by atoms with Gasteiger partial charge in [0.05, 0.1) is 6.54 Å². The summed E-state index contributed by atoms with van der Waals surface area (Å²) >= 11 is 0. The lowest BCUT2D eigenvalue weighted by molar-refractivity contribution is -0.124. The van der Waals surface area contributed by atoms with Crippen molar-refractivity contribution >= 4 is 5.91 Å². The number of carbonyl (C=O) groups is 1. The zero-order chi connectivity index (χ0) is 13.0. The topological polar surface area (TPSA) is 58.4 Å². The highest BCUT2D eigenvalue weighted by Crippen LogP contribution is 2.21. The van der Waals surface area contributed by atoms with Crippen LogP contribution in [0.2, 0.25) is 0 Å². The van der Waals surface area contributed by atoms with Gasteiger partial charge < -0.3 is 11.1 Å². The van der Waals surface area contributed by atoms with Crippen LogP contribution in [0.3, 0.4) is 0 Å². The number of amides is 1. The number of rotatable bonds is 4. The molecule has 3 N–H and O–H groups in total. The highest BCUT2D eigenvalue weighted by molar-refractivity contribution is 5.78. The molecule has 0 radical (unpaired) electrons. The monoisotopic (exact) mass is 253 g/mol. The van der Waals surface area contributed by atoms with E-state index < -0.39 is 0 Å². The minimum atomic E-state index is -0.0391. The van der Waals surface area contributed by atoms with Crippen LogP contribution in [-0.2, 0) is 4.79 Å². The van der Waals surface area contributed by atoms with Gasteiger partial charge in [-0.1, -0.05) is 32.6 Å². The van der Waals surface area contributed by atoms with Crippen LogP contribution < -0.4 is 11.1 Å². The molecule has 18 heavy (non-hydrogen) atoms. The van der Waals surface area contributed by atoms with Crippen molar-refractivity contribution in [3.05, 3.63) is 0 Å². The van der Waals surface area contributed by atoms with Crippen LogP contribution in [0, 0.1) is 0 Å². The first kappa shape index (κ1) is 13.8. The smallest absolute Gasteiger partial charge is 0.234 e. The van der Waals surface area contributed by atoms with Gasteiger partial charge in [0.25, 0.3) is 0 Å². The Morgan fingerprint density at radius 2 is 1.89 bits per heavy atom. The molecule has 4 nitrogen and oxygen atoms in total. The SMILES string of the molecule is CCC1(N)CN(CC(=O)NC2CCCCCC2)C1. The summed E-state index contributed by atoms with van der Waals surface area (Å²) in [7, 11) is 0. The van der Waals surface area contributed by atoms with E-state index in [0.29, 0.717) is 12.6 Å². The molecule has 2 rings (SSSR count). The van der Waals surface area contributed by atoms with Gasteiger partial charge in [0.2, 0.25) is 5.91 Å². The van der Waals surface area contributed by atoms with Crippen molar-refractivity contribution in [2.45, 2.75) is 63.5 Å². The Kier molecular flexibility index (Phi) is 4.62. The van der Waals surface area contributed by atoms with Gasteiger partial charge in [0.15, 0.2) is 0 Å². The van der Waals surface area contributed by atoms with E-state index in [9.17, 15) is 4.79 Å². The molecule has 1 saturated heterocycles. The van der Waals surface area contributed by atoms with Crippen LogP contribution in [-0.4, -0.2) is 42.0 Å². The second-order valence-electron chi connectivity index (χ2n) is 6.12. The maximum absolute atomic E-state index is 11.9. The van der Waals surface area contributed by atoms with E-state index >= 15 is 0 Å². The Morgan fingerprint density at radius 1 is 1.28 bits per heavy atom. The third kappa shape index (κ3) is 3.69. The Hall–Kier alpha value is -0.610. The Morgan fingerprint density at radius 3 is 2.44 bits per heavy atom. The molecule has 0 spiro atoms. The fraction of sp³-hybridized carbons (Fsp3) is 0.929. The van der Waals surface area contributed by atoms with Crippen LogP contribution in [0.25, 0.3) is 0 Å². The predicted molar refractivity (Wildman–Crippen MR) is 73.3 cm³/mol. The summed E-state index contributed by atoms with van der Waals surface area (Å²) in [4.78, 5) is 14.1. The summed E-state index contributed by atoms with van der Waals surface area (Å²) < 4.78 is 0. The number of nitrogens with two attached hydrogens (primary N) is 1. The predicted octanol–water partition coefficient (Wildman–Crippen LogP) is 1.25. The Balaban J connectivity index is 1.66. The third-order valence-corrected chi connectivity index (χ3v) is 4.37. The van der Waals surface area contributed by atoms with E-state index in [1.54, 1.807) is 0 Å². The summed E-state index contributed by atoms with van der Waals surface area (Å²) in [6.07, 6.45) is 8.47. The quantitative estimate of drug-likeness (QED) is 0.741. The largest absolute Gasteiger partial charge is 0.352 e. The second-order valence-corrected chi connectivity index (χ2v) is 6.12. The molecule has 104 valence electrons. The molecule has 0 unspecified atom stereocenters. The number of nitrogens with zero attached hydrogens (tertiary/aromatic N) is 1. The molecule has 1 saturated carbocycles. The fourth-order valence-electron chi connectivity index (χ4n) is 3.08. The summed E-state index contributed by atoms with van der Waals surface area (Å²) in [5, 5.41) is 3.18. The molecule has 1 aliphatic heterocycles. The lowest BCUT2D eigenvalue weighted by Crippen LogP contribution is -2.68. The summed E-state index contributed by atoms with van der Waals surface area (Å²) in [5.41, 5.74) is 6.06. The summed E-state index contributed by atoms with van der Waals surface area (Å²) in [5.74, 6) is 0.181. The van der Waals surface area contributed by atoms with E-state index in [1.807, 2.05) is 0 Å². The maximum atomic E-state index is 11.9. The van der Waals surface area contributed by atoms with Crippen molar-refractivity contribution < 1.29 is 4.79 Å². The molecule has 0 aromatic carbocycles. The lowest BCUT2D eigenvalue weighted by Gasteiger charge is -2.47. The van der Waals surface area contributed by atoms with Gasteiger partial charge in [-0.05, 0) is 19.3 Å². The maximum Gasteiger partial charge on any atom is 0.234 e. The zero-order valence-corrected chi connectivity index (χ0v) is 11.6. The molecule has 4 heteroatoms. The van der Waals surface area contributed by atoms with Crippen molar-refractivity contribution in [2.75, 3.05) is 19.6 Å². The molecule has 2 aliphatic rings. The van der Waals surface area contributed by atoms with E-state index in [2.05, 4.69) is 17.1 Å². The highest BCUT2D eigenvalue weighted by atomic mass is 16.2. The molecule has 0 aromatic rings. The Bertz CT molecular complexity index is 279. The van der Waals surface area contributed by atoms with Crippen molar-refractivity contribution in [3.63, 3.8) is 0 Å². The number of hydrogen-bond donors (Lipinski definition) is 2. The standard InChI is InChI=1S/C14H27N3O/c1-2-14(15)10-17(11-14)9-13(18)16-12-7-5-3-4-6-8-12/h12H,2-11,15H2,1H3,(H,16,18). The average Bonchev–Trinajstić information content (AvgIpc) is 2.55.